The number of H-pyrrole nitrogens is 1. The van der Waals surface area contributed by atoms with Gasteiger partial charge >= 0.3 is 0 Å². The van der Waals surface area contributed by atoms with Gasteiger partial charge in [0.15, 0.2) is 5.43 Å². The Bertz CT molecular complexity index is 627. The summed E-state index contributed by atoms with van der Waals surface area (Å²) in [6.45, 7) is 4.46. The second kappa shape index (κ2) is 3.58. The lowest BCUT2D eigenvalue weighted by Crippen LogP contribution is -2.10. The van der Waals surface area contributed by atoms with Gasteiger partial charge in [0.05, 0.1) is 5.39 Å². The van der Waals surface area contributed by atoms with E-state index in [1.54, 1.807) is 23.9 Å². The maximum atomic E-state index is 11.8. The molecule has 0 aliphatic carbocycles. The summed E-state index contributed by atoms with van der Waals surface area (Å²) in [6.07, 6.45) is 3.42. The lowest BCUT2D eigenvalue weighted by molar-refractivity contribution is 0.728. The molecule has 0 saturated carbocycles. The van der Waals surface area contributed by atoms with Crippen molar-refractivity contribution >= 4 is 23.3 Å². The fraction of sp³-hybridized carbons (Fsp3) is 0.300. The van der Waals surface area contributed by atoms with E-state index in [4.69, 9.17) is 12.2 Å². The van der Waals surface area contributed by atoms with Crippen LogP contribution in [0.25, 0.3) is 11.0 Å². The molecule has 2 aromatic heterocycles. The SMILES string of the molecule is CCn1cc2c(=O)c(C)c[nH]c2nc1=S. The van der Waals surface area contributed by atoms with E-state index in [1.807, 2.05) is 6.92 Å². The van der Waals surface area contributed by atoms with Gasteiger partial charge in [-0.15, -0.1) is 0 Å². The molecule has 2 rings (SSSR count). The highest BCUT2D eigenvalue weighted by Crippen LogP contribution is 2.05. The summed E-state index contributed by atoms with van der Waals surface area (Å²) in [5.41, 5.74) is 1.25. The molecule has 0 spiro atoms. The van der Waals surface area contributed by atoms with Gasteiger partial charge in [0.2, 0.25) is 4.77 Å². The third-order valence-corrected chi connectivity index (χ3v) is 2.69. The first-order valence-electron chi connectivity index (χ1n) is 4.73. The largest absolute Gasteiger partial charge is 0.346 e. The minimum Gasteiger partial charge on any atom is -0.346 e. The highest BCUT2D eigenvalue weighted by atomic mass is 32.1. The minimum absolute atomic E-state index is 0.00782. The Morgan fingerprint density at radius 2 is 2.33 bits per heavy atom. The van der Waals surface area contributed by atoms with E-state index in [9.17, 15) is 4.79 Å². The van der Waals surface area contributed by atoms with Crippen LogP contribution in [0, 0.1) is 11.7 Å². The summed E-state index contributed by atoms with van der Waals surface area (Å²) in [4.78, 5) is 18.9. The van der Waals surface area contributed by atoms with Crippen molar-refractivity contribution in [2.45, 2.75) is 20.4 Å². The first kappa shape index (κ1) is 10.0. The lowest BCUT2D eigenvalue weighted by atomic mass is 10.2. The monoisotopic (exact) mass is 221 g/mol. The highest BCUT2D eigenvalue weighted by Gasteiger charge is 2.04. The van der Waals surface area contributed by atoms with E-state index in [0.29, 0.717) is 21.4 Å². The predicted octanol–water partition coefficient (Wildman–Crippen LogP) is 1.78. The van der Waals surface area contributed by atoms with Crippen molar-refractivity contribution in [2.24, 2.45) is 0 Å². The molecule has 15 heavy (non-hydrogen) atoms. The van der Waals surface area contributed by atoms with Crippen LogP contribution in [0.4, 0.5) is 0 Å². The second-order valence-electron chi connectivity index (χ2n) is 3.37. The smallest absolute Gasteiger partial charge is 0.201 e. The van der Waals surface area contributed by atoms with Gasteiger partial charge < -0.3 is 9.55 Å². The fourth-order valence-corrected chi connectivity index (χ4v) is 1.72. The van der Waals surface area contributed by atoms with Crippen LogP contribution in [0.3, 0.4) is 0 Å². The van der Waals surface area contributed by atoms with Gasteiger partial charge in [-0.25, -0.2) is 4.98 Å². The summed E-state index contributed by atoms with van der Waals surface area (Å²) >= 11 is 5.08. The standard InChI is InChI=1S/C10H11N3OS/c1-3-13-5-7-8(14)6(2)4-11-9(7)12-10(13)15/h4-5H,3H2,1-2H3,(H,11,12,15). The van der Waals surface area contributed by atoms with Crippen molar-refractivity contribution in [2.75, 3.05) is 0 Å². The molecule has 5 heteroatoms. The van der Waals surface area contributed by atoms with Gasteiger partial charge in [-0.1, -0.05) is 0 Å². The van der Waals surface area contributed by atoms with Crippen molar-refractivity contribution in [3.8, 4) is 0 Å². The Hall–Kier alpha value is -1.49. The van der Waals surface area contributed by atoms with Crippen LogP contribution in [-0.4, -0.2) is 14.5 Å². The average Bonchev–Trinajstić information content (AvgIpc) is 2.23. The van der Waals surface area contributed by atoms with E-state index in [1.165, 1.54) is 0 Å². The molecule has 0 bridgehead atoms. The van der Waals surface area contributed by atoms with Gasteiger partial charge in [0, 0.05) is 24.5 Å². The van der Waals surface area contributed by atoms with Crippen molar-refractivity contribution in [1.29, 1.82) is 0 Å². The summed E-state index contributed by atoms with van der Waals surface area (Å²) in [6, 6.07) is 0. The summed E-state index contributed by atoms with van der Waals surface area (Å²) in [7, 11) is 0. The molecule has 0 aliphatic heterocycles. The van der Waals surface area contributed by atoms with Crippen LogP contribution in [0.1, 0.15) is 12.5 Å². The van der Waals surface area contributed by atoms with E-state index in [0.717, 1.165) is 6.54 Å². The Balaban J connectivity index is 2.95. The number of aryl methyl sites for hydroxylation is 2. The summed E-state index contributed by atoms with van der Waals surface area (Å²) in [5, 5.41) is 0.588. The predicted molar refractivity (Wildman–Crippen MR) is 61.6 cm³/mol. The highest BCUT2D eigenvalue weighted by molar-refractivity contribution is 7.71. The van der Waals surface area contributed by atoms with Crippen LogP contribution in [-0.2, 0) is 6.54 Å². The normalized spacial score (nSPS) is 10.8. The van der Waals surface area contributed by atoms with Crippen LogP contribution in [0.5, 0.6) is 0 Å². The van der Waals surface area contributed by atoms with Gasteiger partial charge in [-0.05, 0) is 26.1 Å². The molecule has 0 unspecified atom stereocenters. The van der Waals surface area contributed by atoms with Crippen molar-refractivity contribution in [3.63, 3.8) is 0 Å². The molecule has 2 aromatic rings. The average molecular weight is 221 g/mol. The Morgan fingerprint density at radius 1 is 1.60 bits per heavy atom. The van der Waals surface area contributed by atoms with E-state index >= 15 is 0 Å². The molecule has 1 N–H and O–H groups in total. The third kappa shape index (κ3) is 1.59. The van der Waals surface area contributed by atoms with Crippen molar-refractivity contribution in [1.82, 2.24) is 14.5 Å². The number of hydrogen-bond acceptors (Lipinski definition) is 3. The minimum atomic E-state index is 0.00782. The van der Waals surface area contributed by atoms with Crippen LogP contribution in [0.2, 0.25) is 0 Å². The second-order valence-corrected chi connectivity index (χ2v) is 3.74. The number of rotatable bonds is 1. The first-order chi connectivity index (χ1) is 7.13. The number of nitrogens with one attached hydrogen (secondary N) is 1. The number of hydrogen-bond donors (Lipinski definition) is 1. The van der Waals surface area contributed by atoms with Gasteiger partial charge in [-0.3, -0.25) is 4.79 Å². The Morgan fingerprint density at radius 3 is 3.00 bits per heavy atom. The molecule has 0 aromatic carbocycles. The molecule has 0 fully saturated rings. The zero-order valence-corrected chi connectivity index (χ0v) is 9.39. The molecule has 0 amide bonds. The van der Waals surface area contributed by atoms with Crippen LogP contribution in [0.15, 0.2) is 17.2 Å². The molecular weight excluding hydrogens is 210 g/mol. The number of nitrogens with zero attached hydrogens (tertiary/aromatic N) is 2. The molecule has 0 radical (unpaired) electrons. The number of aromatic amines is 1. The maximum absolute atomic E-state index is 11.8. The Kier molecular flexibility index (Phi) is 2.40. The fourth-order valence-electron chi connectivity index (χ4n) is 1.45. The van der Waals surface area contributed by atoms with Gasteiger partial charge in [0.1, 0.15) is 5.65 Å². The lowest BCUT2D eigenvalue weighted by Gasteiger charge is -2.04. The van der Waals surface area contributed by atoms with Crippen molar-refractivity contribution in [3.05, 3.63) is 33.0 Å². The maximum Gasteiger partial charge on any atom is 0.201 e. The van der Waals surface area contributed by atoms with E-state index in [-0.39, 0.29) is 5.43 Å². The molecule has 78 valence electrons. The van der Waals surface area contributed by atoms with E-state index in [2.05, 4.69) is 9.97 Å². The number of aromatic nitrogens is 3. The van der Waals surface area contributed by atoms with Crippen LogP contribution < -0.4 is 5.43 Å². The topological polar surface area (TPSA) is 50.7 Å². The van der Waals surface area contributed by atoms with Crippen LogP contribution >= 0.6 is 12.2 Å². The molecule has 2 heterocycles. The van der Waals surface area contributed by atoms with E-state index < -0.39 is 0 Å². The molecule has 4 nitrogen and oxygen atoms in total. The summed E-state index contributed by atoms with van der Waals surface area (Å²) in [5.74, 6) is 0. The first-order valence-corrected chi connectivity index (χ1v) is 5.13. The molecule has 0 saturated heterocycles. The quantitative estimate of drug-likeness (QED) is 0.747. The zero-order valence-electron chi connectivity index (χ0n) is 8.57. The van der Waals surface area contributed by atoms with Gasteiger partial charge in [-0.2, -0.15) is 0 Å². The number of pyridine rings is 1. The summed E-state index contributed by atoms with van der Waals surface area (Å²) < 4.78 is 2.27. The molecule has 0 atom stereocenters. The zero-order chi connectivity index (χ0) is 11.0. The third-order valence-electron chi connectivity index (χ3n) is 2.36. The Labute approximate surface area is 91.6 Å². The molecule has 0 aliphatic rings. The molecular formula is C10H11N3OS. The van der Waals surface area contributed by atoms with Gasteiger partial charge in [0.25, 0.3) is 0 Å². The van der Waals surface area contributed by atoms with Crippen molar-refractivity contribution < 1.29 is 0 Å². The number of fused-ring (bicyclic) bond motifs is 1.